The molecule has 0 rings (SSSR count). The maximum Gasteiger partial charge on any atom is 0.328 e. The van der Waals surface area contributed by atoms with Crippen molar-refractivity contribution in [3.05, 3.63) is 60.8 Å². The van der Waals surface area contributed by atoms with Crippen LogP contribution in [0.4, 0.5) is 0 Å². The maximum absolute atomic E-state index is 12.8. The number of aliphatic carboxylic acids is 1. The monoisotopic (exact) mass is 841 g/mol. The summed E-state index contributed by atoms with van der Waals surface area (Å²) in [5.74, 6) is -2.33. The largest absolute Gasteiger partial charge is 0.480 e. The number of rotatable bonds is 43. The van der Waals surface area contributed by atoms with Crippen LogP contribution in [0.25, 0.3) is 0 Å². The van der Waals surface area contributed by atoms with Crippen LogP contribution >= 0.6 is 0 Å². The average Bonchev–Trinajstić information content (AvgIpc) is 3.23. The number of hydrogen-bond donors (Lipinski definition) is 4. The van der Waals surface area contributed by atoms with Crippen LogP contribution in [0.2, 0.25) is 0 Å². The lowest BCUT2D eigenvalue weighted by Gasteiger charge is -2.15. The molecule has 0 aliphatic carbocycles. The number of aliphatic hydroxyl groups excluding tert-OH is 1. The fourth-order valence-electron chi connectivity index (χ4n) is 6.79. The number of carbonyl (C=O) groups excluding carboxylic acids is 3. The van der Waals surface area contributed by atoms with Crippen LogP contribution in [-0.2, 0) is 23.9 Å². The van der Waals surface area contributed by atoms with Crippen molar-refractivity contribution >= 4 is 23.8 Å². The molecular formula is C51H88N2O7. The van der Waals surface area contributed by atoms with Crippen molar-refractivity contribution in [1.82, 2.24) is 10.6 Å². The molecule has 0 aliphatic heterocycles. The van der Waals surface area contributed by atoms with Crippen LogP contribution in [0, 0.1) is 0 Å². The van der Waals surface area contributed by atoms with Gasteiger partial charge in [-0.3, -0.25) is 14.4 Å². The molecule has 0 heterocycles. The highest BCUT2D eigenvalue weighted by Gasteiger charge is 2.18. The molecule has 60 heavy (non-hydrogen) atoms. The van der Waals surface area contributed by atoms with Gasteiger partial charge in [0.2, 0.25) is 11.8 Å². The summed E-state index contributed by atoms with van der Waals surface area (Å²) in [5.41, 5.74) is 0. The zero-order valence-electron chi connectivity index (χ0n) is 38.2. The quantitative estimate of drug-likeness (QED) is 0.0272. The Bertz CT molecular complexity index is 1190. The van der Waals surface area contributed by atoms with Gasteiger partial charge in [-0.2, -0.15) is 0 Å². The van der Waals surface area contributed by atoms with Gasteiger partial charge in [-0.15, -0.1) is 0 Å². The minimum absolute atomic E-state index is 0.0830. The number of esters is 1. The van der Waals surface area contributed by atoms with E-state index in [1.165, 1.54) is 96.3 Å². The zero-order valence-corrected chi connectivity index (χ0v) is 38.2. The second-order valence-corrected chi connectivity index (χ2v) is 16.2. The van der Waals surface area contributed by atoms with Gasteiger partial charge in [0.05, 0.1) is 13.2 Å². The smallest absolute Gasteiger partial charge is 0.328 e. The lowest BCUT2D eigenvalue weighted by atomic mass is 10.0. The summed E-state index contributed by atoms with van der Waals surface area (Å²) in [7, 11) is 0. The topological polar surface area (TPSA) is 142 Å². The molecule has 344 valence electrons. The van der Waals surface area contributed by atoms with Gasteiger partial charge in [0, 0.05) is 12.8 Å². The number of unbranched alkanes of at least 4 members (excludes halogenated alkanes) is 21. The van der Waals surface area contributed by atoms with E-state index >= 15 is 0 Å². The third-order valence-corrected chi connectivity index (χ3v) is 10.5. The Balaban J connectivity index is 4.13. The second kappa shape index (κ2) is 45.1. The molecule has 2 unspecified atom stereocenters. The molecular weight excluding hydrogens is 753 g/mol. The van der Waals surface area contributed by atoms with Crippen molar-refractivity contribution in [1.29, 1.82) is 0 Å². The summed E-state index contributed by atoms with van der Waals surface area (Å²) in [6, 6.07) is -1.38. The minimum Gasteiger partial charge on any atom is -0.480 e. The van der Waals surface area contributed by atoms with E-state index in [2.05, 4.69) is 85.2 Å². The molecule has 0 radical (unpaired) electrons. The number of nitrogens with one attached hydrogen (secondary N) is 2. The van der Waals surface area contributed by atoms with E-state index in [-0.39, 0.29) is 24.5 Å². The normalized spacial score (nSPS) is 13.0. The van der Waals surface area contributed by atoms with Gasteiger partial charge in [-0.1, -0.05) is 178 Å². The summed E-state index contributed by atoms with van der Waals surface area (Å²) in [5, 5.41) is 22.5. The Kier molecular flexibility index (Phi) is 42.5. The summed E-state index contributed by atoms with van der Waals surface area (Å²) < 4.78 is 5.96. The number of ether oxygens (including phenoxy) is 1. The Labute approximate surface area is 366 Å². The highest BCUT2D eigenvalue weighted by atomic mass is 16.5. The molecule has 0 aliphatic rings. The summed E-state index contributed by atoms with van der Waals surface area (Å²) in [6.07, 6.45) is 55.7. The predicted molar refractivity (Wildman–Crippen MR) is 250 cm³/mol. The SMILES string of the molecule is CC/C=C\C/C=C\C/C=C\C/C=C\CCCCCCCCCCCCC(=O)OC(/C=C\CCCCCCCC)CCCCCCCCC(=O)NCC(=O)NC(CO)C(=O)O. The molecule has 0 saturated heterocycles. The fourth-order valence-corrected chi connectivity index (χ4v) is 6.79. The lowest BCUT2D eigenvalue weighted by molar-refractivity contribution is -0.147. The molecule has 2 amide bonds. The zero-order chi connectivity index (χ0) is 44.0. The van der Waals surface area contributed by atoms with E-state index < -0.39 is 24.5 Å². The molecule has 9 nitrogen and oxygen atoms in total. The molecule has 0 fully saturated rings. The number of aliphatic hydroxyl groups is 1. The summed E-state index contributed by atoms with van der Waals surface area (Å²) >= 11 is 0. The predicted octanol–water partition coefficient (Wildman–Crippen LogP) is 12.5. The van der Waals surface area contributed by atoms with E-state index in [1.54, 1.807) is 0 Å². The van der Waals surface area contributed by atoms with Crippen molar-refractivity contribution < 1.29 is 34.1 Å². The van der Waals surface area contributed by atoms with Gasteiger partial charge < -0.3 is 25.6 Å². The number of amides is 2. The van der Waals surface area contributed by atoms with E-state index in [4.69, 9.17) is 14.9 Å². The van der Waals surface area contributed by atoms with E-state index in [0.29, 0.717) is 19.3 Å². The minimum atomic E-state index is -1.38. The Morgan fingerprint density at radius 1 is 0.533 bits per heavy atom. The van der Waals surface area contributed by atoms with Gasteiger partial charge in [0.15, 0.2) is 0 Å². The first-order valence-electron chi connectivity index (χ1n) is 24.2. The van der Waals surface area contributed by atoms with E-state index in [1.807, 2.05) is 0 Å². The molecule has 0 aromatic rings. The average molecular weight is 841 g/mol. The van der Waals surface area contributed by atoms with Crippen LogP contribution < -0.4 is 10.6 Å². The molecule has 0 spiro atoms. The molecule has 0 aromatic carbocycles. The van der Waals surface area contributed by atoms with Crippen LogP contribution in [0.3, 0.4) is 0 Å². The Morgan fingerprint density at radius 2 is 1.00 bits per heavy atom. The number of carbonyl (C=O) groups is 4. The summed E-state index contributed by atoms with van der Waals surface area (Å²) in [6.45, 7) is 3.36. The third kappa shape index (κ3) is 41.3. The Hall–Kier alpha value is -3.46. The van der Waals surface area contributed by atoms with E-state index in [9.17, 15) is 19.2 Å². The van der Waals surface area contributed by atoms with Gasteiger partial charge in [-0.05, 0) is 83.1 Å². The van der Waals surface area contributed by atoms with Gasteiger partial charge in [-0.25, -0.2) is 4.79 Å². The van der Waals surface area contributed by atoms with Crippen LogP contribution in [0.5, 0.6) is 0 Å². The first kappa shape index (κ1) is 56.5. The summed E-state index contributed by atoms with van der Waals surface area (Å²) in [4.78, 5) is 47.5. The molecule has 0 saturated carbocycles. The highest BCUT2D eigenvalue weighted by molar-refractivity contribution is 5.87. The fraction of sp³-hybridized carbons (Fsp3) is 0.725. The van der Waals surface area contributed by atoms with Crippen molar-refractivity contribution in [2.45, 2.75) is 225 Å². The molecule has 0 aromatic heterocycles. The third-order valence-electron chi connectivity index (χ3n) is 10.5. The molecule has 2 atom stereocenters. The molecule has 4 N–H and O–H groups in total. The van der Waals surface area contributed by atoms with Crippen molar-refractivity contribution in [3.63, 3.8) is 0 Å². The standard InChI is InChI=1S/C51H88N2O7/c1-3-5-7-9-11-13-14-15-16-17-18-19-20-21-22-23-24-25-26-27-29-35-39-43-50(57)60-46(40-36-32-28-12-10-8-6-4-2)41-37-33-30-31-34-38-42-48(55)52-44-49(56)53-47(45-54)51(58)59/h5,7,11,13,15-16,18-19,36,40,46-47,54H,3-4,6,8-10,12,14,17,20-35,37-39,41-45H2,1-2H3,(H,52,55)(H,53,56)(H,58,59)/b7-5-,13-11-,16-15-,19-18-,40-36-. The van der Waals surface area contributed by atoms with Gasteiger partial charge in [0.1, 0.15) is 12.1 Å². The van der Waals surface area contributed by atoms with Crippen molar-refractivity contribution in [2.24, 2.45) is 0 Å². The second-order valence-electron chi connectivity index (χ2n) is 16.2. The number of carboxylic acids is 1. The maximum atomic E-state index is 12.8. The number of hydrogen-bond acceptors (Lipinski definition) is 6. The number of carboxylic acid groups (broad SMARTS) is 1. The lowest BCUT2D eigenvalue weighted by Crippen LogP contribution is -2.47. The van der Waals surface area contributed by atoms with E-state index in [0.717, 1.165) is 83.5 Å². The molecule has 0 bridgehead atoms. The van der Waals surface area contributed by atoms with Crippen LogP contribution in [-0.4, -0.2) is 59.3 Å². The highest BCUT2D eigenvalue weighted by Crippen LogP contribution is 2.16. The van der Waals surface area contributed by atoms with Crippen LogP contribution in [0.15, 0.2) is 60.8 Å². The van der Waals surface area contributed by atoms with Gasteiger partial charge in [0.25, 0.3) is 0 Å². The van der Waals surface area contributed by atoms with Crippen molar-refractivity contribution in [2.75, 3.05) is 13.2 Å². The first-order chi connectivity index (χ1) is 29.3. The molecule has 9 heteroatoms. The number of allylic oxidation sites excluding steroid dienone is 9. The Morgan fingerprint density at radius 3 is 1.53 bits per heavy atom. The van der Waals surface area contributed by atoms with Gasteiger partial charge >= 0.3 is 11.9 Å². The van der Waals surface area contributed by atoms with Crippen molar-refractivity contribution in [3.8, 4) is 0 Å². The van der Waals surface area contributed by atoms with Crippen LogP contribution in [0.1, 0.15) is 213 Å². The first-order valence-corrected chi connectivity index (χ1v) is 24.2.